The van der Waals surface area contributed by atoms with E-state index in [1.165, 1.54) is 64.2 Å². The highest BCUT2D eigenvalue weighted by molar-refractivity contribution is 5.02. The molecular weight excluding hydrogens is 248 g/mol. The lowest BCUT2D eigenvalue weighted by Crippen LogP contribution is -1.92. The van der Waals surface area contributed by atoms with Gasteiger partial charge in [0.1, 0.15) is 0 Å². The number of aliphatic hydroxyl groups is 1. The molecule has 1 fully saturated rings. The first-order valence-corrected chi connectivity index (χ1v) is 8.49. The van der Waals surface area contributed by atoms with Crippen LogP contribution in [0.1, 0.15) is 77.6 Å². The third-order valence-electron chi connectivity index (χ3n) is 3.98. The highest BCUT2D eigenvalue weighted by Crippen LogP contribution is 2.30. The van der Waals surface area contributed by atoms with Crippen molar-refractivity contribution in [2.45, 2.75) is 89.8 Å². The predicted octanol–water partition coefficient (Wildman–Crippen LogP) is 5.69. The van der Waals surface area contributed by atoms with Crippen LogP contribution in [0.5, 0.6) is 0 Å². The van der Waals surface area contributed by atoms with Crippen molar-refractivity contribution in [1.29, 1.82) is 0 Å². The van der Waals surface area contributed by atoms with Gasteiger partial charge >= 0.3 is 0 Å². The van der Waals surface area contributed by atoms with Crippen LogP contribution in [0, 0.1) is 0 Å². The topological polar surface area (TPSA) is 32.8 Å². The molecule has 1 N–H and O–H groups in total. The Morgan fingerprint density at radius 1 is 0.850 bits per heavy atom. The van der Waals surface area contributed by atoms with Crippen LogP contribution in [0.4, 0.5) is 0 Å². The smallest absolute Gasteiger partial charge is 0.0876 e. The summed E-state index contributed by atoms with van der Waals surface area (Å²) >= 11 is 0. The Labute approximate surface area is 124 Å². The number of aliphatic hydroxyl groups excluding tert-OH is 1. The molecule has 0 spiro atoms. The van der Waals surface area contributed by atoms with E-state index in [1.54, 1.807) is 6.08 Å². The van der Waals surface area contributed by atoms with E-state index >= 15 is 0 Å². The normalized spacial score (nSPS) is 22.1. The summed E-state index contributed by atoms with van der Waals surface area (Å²) in [5.74, 6) is 0. The van der Waals surface area contributed by atoms with Crippen molar-refractivity contribution < 1.29 is 9.84 Å². The van der Waals surface area contributed by atoms with Crippen LogP contribution in [-0.2, 0) is 4.74 Å². The molecule has 1 heterocycles. The standard InChI is InChI=1S/C18H32O2/c1-2-3-4-5-6-7-8-9-11-14-17-18(20-17)15-12-10-13-16-19/h10,12-13,16-19H,2-9,11,14-15H2,1H3. The van der Waals surface area contributed by atoms with Gasteiger partial charge < -0.3 is 9.84 Å². The number of ether oxygens (including phenoxy) is 1. The quantitative estimate of drug-likeness (QED) is 0.203. The zero-order valence-electron chi connectivity index (χ0n) is 13.1. The first kappa shape index (κ1) is 17.3. The van der Waals surface area contributed by atoms with E-state index in [-0.39, 0.29) is 0 Å². The molecule has 116 valence electrons. The average molecular weight is 280 g/mol. The van der Waals surface area contributed by atoms with Crippen molar-refractivity contribution in [2.24, 2.45) is 0 Å². The second-order valence-corrected chi connectivity index (χ2v) is 5.84. The van der Waals surface area contributed by atoms with E-state index in [4.69, 9.17) is 9.84 Å². The lowest BCUT2D eigenvalue weighted by molar-refractivity contribution is 0.358. The molecule has 2 nitrogen and oxygen atoms in total. The zero-order valence-corrected chi connectivity index (χ0v) is 13.1. The van der Waals surface area contributed by atoms with E-state index in [0.29, 0.717) is 12.2 Å². The fraction of sp³-hybridized carbons (Fsp3) is 0.778. The molecule has 0 aromatic rings. The Kier molecular flexibility index (Phi) is 10.4. The summed E-state index contributed by atoms with van der Waals surface area (Å²) in [5, 5.41) is 8.48. The summed E-state index contributed by atoms with van der Waals surface area (Å²) in [6.45, 7) is 2.27. The molecule has 2 heteroatoms. The lowest BCUT2D eigenvalue weighted by Gasteiger charge is -2.01. The first-order valence-electron chi connectivity index (χ1n) is 8.49. The third-order valence-corrected chi connectivity index (χ3v) is 3.98. The number of allylic oxidation sites excluding steroid dienone is 2. The molecule has 1 rings (SSSR count). The average Bonchev–Trinajstić information content (AvgIpc) is 3.20. The van der Waals surface area contributed by atoms with Gasteiger partial charge in [0.15, 0.2) is 0 Å². The van der Waals surface area contributed by atoms with E-state index in [0.717, 1.165) is 12.7 Å². The third kappa shape index (κ3) is 9.19. The van der Waals surface area contributed by atoms with E-state index in [9.17, 15) is 0 Å². The highest BCUT2D eigenvalue weighted by atomic mass is 16.6. The molecule has 0 bridgehead atoms. The monoisotopic (exact) mass is 280 g/mol. The van der Waals surface area contributed by atoms with Gasteiger partial charge in [-0.3, -0.25) is 0 Å². The SMILES string of the molecule is CCCCCCCCCCCC1OC1CC=CC=CO. The van der Waals surface area contributed by atoms with Gasteiger partial charge in [-0.25, -0.2) is 0 Å². The minimum atomic E-state index is 0.437. The Bertz CT molecular complexity index is 271. The summed E-state index contributed by atoms with van der Waals surface area (Å²) in [4.78, 5) is 0. The molecule has 2 atom stereocenters. The van der Waals surface area contributed by atoms with Crippen molar-refractivity contribution in [1.82, 2.24) is 0 Å². The van der Waals surface area contributed by atoms with Crippen molar-refractivity contribution in [2.75, 3.05) is 0 Å². The number of hydrogen-bond acceptors (Lipinski definition) is 2. The minimum absolute atomic E-state index is 0.437. The summed E-state index contributed by atoms with van der Waals surface area (Å²) in [6.07, 6.45) is 22.3. The zero-order chi connectivity index (χ0) is 14.5. The van der Waals surface area contributed by atoms with E-state index in [2.05, 4.69) is 13.0 Å². The number of rotatable bonds is 13. The Balaban J connectivity index is 1.79. The molecule has 0 amide bonds. The first-order chi connectivity index (χ1) is 9.88. The van der Waals surface area contributed by atoms with Crippen LogP contribution >= 0.6 is 0 Å². The lowest BCUT2D eigenvalue weighted by atomic mass is 10.0. The van der Waals surface area contributed by atoms with Gasteiger partial charge in [-0.15, -0.1) is 0 Å². The molecule has 1 saturated heterocycles. The minimum Gasteiger partial charge on any atom is -0.516 e. The maximum atomic E-state index is 8.48. The molecule has 1 aliphatic heterocycles. The summed E-state index contributed by atoms with van der Waals surface area (Å²) in [7, 11) is 0. The van der Waals surface area contributed by atoms with E-state index < -0.39 is 0 Å². The number of epoxide rings is 1. The van der Waals surface area contributed by atoms with Crippen LogP contribution in [0.3, 0.4) is 0 Å². The van der Waals surface area contributed by atoms with Gasteiger partial charge in [0.05, 0.1) is 18.5 Å². The molecule has 1 aliphatic rings. The molecule has 0 saturated carbocycles. The van der Waals surface area contributed by atoms with Gasteiger partial charge in [0.2, 0.25) is 0 Å². The van der Waals surface area contributed by atoms with Crippen LogP contribution in [0.2, 0.25) is 0 Å². The predicted molar refractivity (Wildman–Crippen MR) is 86.0 cm³/mol. The fourth-order valence-corrected chi connectivity index (χ4v) is 2.64. The maximum Gasteiger partial charge on any atom is 0.0876 e. The molecule has 2 unspecified atom stereocenters. The fourth-order valence-electron chi connectivity index (χ4n) is 2.64. The van der Waals surface area contributed by atoms with Crippen LogP contribution < -0.4 is 0 Å². The van der Waals surface area contributed by atoms with Crippen molar-refractivity contribution in [3.05, 3.63) is 24.5 Å². The summed E-state index contributed by atoms with van der Waals surface area (Å²) < 4.78 is 5.63. The summed E-state index contributed by atoms with van der Waals surface area (Å²) in [5.41, 5.74) is 0. The molecule has 0 aromatic carbocycles. The van der Waals surface area contributed by atoms with Crippen molar-refractivity contribution >= 4 is 0 Å². The Morgan fingerprint density at radius 2 is 1.50 bits per heavy atom. The van der Waals surface area contributed by atoms with Gasteiger partial charge in [0.25, 0.3) is 0 Å². The molecule has 0 radical (unpaired) electrons. The summed E-state index contributed by atoms with van der Waals surface area (Å²) in [6, 6.07) is 0. The second kappa shape index (κ2) is 12.0. The van der Waals surface area contributed by atoms with Crippen LogP contribution in [0.25, 0.3) is 0 Å². The highest BCUT2D eigenvalue weighted by Gasteiger charge is 2.36. The van der Waals surface area contributed by atoms with Gasteiger partial charge in [-0.05, 0) is 18.9 Å². The largest absolute Gasteiger partial charge is 0.516 e. The van der Waals surface area contributed by atoms with Gasteiger partial charge in [-0.2, -0.15) is 0 Å². The van der Waals surface area contributed by atoms with Crippen molar-refractivity contribution in [3.63, 3.8) is 0 Å². The van der Waals surface area contributed by atoms with E-state index in [1.807, 2.05) is 6.08 Å². The maximum absolute atomic E-state index is 8.48. The van der Waals surface area contributed by atoms with Crippen LogP contribution in [0.15, 0.2) is 24.5 Å². The molecule has 0 aliphatic carbocycles. The number of hydrogen-bond donors (Lipinski definition) is 1. The second-order valence-electron chi connectivity index (χ2n) is 5.84. The Hall–Kier alpha value is -0.760. The van der Waals surface area contributed by atoms with Crippen LogP contribution in [-0.4, -0.2) is 17.3 Å². The molecule has 0 aromatic heterocycles. The molecule has 20 heavy (non-hydrogen) atoms. The van der Waals surface area contributed by atoms with Gasteiger partial charge in [-0.1, -0.05) is 76.9 Å². The van der Waals surface area contributed by atoms with Crippen molar-refractivity contribution in [3.8, 4) is 0 Å². The number of unbranched alkanes of at least 4 members (excludes halogenated alkanes) is 8. The Morgan fingerprint density at radius 3 is 2.15 bits per heavy atom. The van der Waals surface area contributed by atoms with Gasteiger partial charge in [0, 0.05) is 0 Å². The molecular formula is C18H32O2.